The van der Waals surface area contributed by atoms with Gasteiger partial charge in [0.25, 0.3) is 0 Å². The zero-order valence-electron chi connectivity index (χ0n) is 13.2. The SMILES string of the molecule is COc1cccc(-n2c(SCC(N)=O)nnc2-c2ccoc2C)c1. The van der Waals surface area contributed by atoms with Crippen LogP contribution in [0.3, 0.4) is 0 Å². The number of hydrogen-bond acceptors (Lipinski definition) is 6. The third-order valence-electron chi connectivity index (χ3n) is 3.39. The normalized spacial score (nSPS) is 10.8. The third-order valence-corrected chi connectivity index (χ3v) is 4.34. The summed E-state index contributed by atoms with van der Waals surface area (Å²) < 4.78 is 12.5. The van der Waals surface area contributed by atoms with E-state index in [-0.39, 0.29) is 5.75 Å². The number of benzene rings is 1. The highest BCUT2D eigenvalue weighted by Crippen LogP contribution is 2.31. The van der Waals surface area contributed by atoms with E-state index in [1.165, 1.54) is 11.8 Å². The van der Waals surface area contributed by atoms with Crippen molar-refractivity contribution in [3.05, 3.63) is 42.4 Å². The number of aryl methyl sites for hydroxylation is 1. The molecule has 0 atom stereocenters. The molecule has 8 heteroatoms. The molecule has 7 nitrogen and oxygen atoms in total. The number of carbonyl (C=O) groups is 1. The molecule has 1 aromatic carbocycles. The van der Waals surface area contributed by atoms with Crippen molar-refractivity contribution in [3.63, 3.8) is 0 Å². The van der Waals surface area contributed by atoms with Crippen LogP contribution in [-0.4, -0.2) is 33.5 Å². The fourth-order valence-electron chi connectivity index (χ4n) is 2.27. The van der Waals surface area contributed by atoms with Crippen LogP contribution in [0, 0.1) is 6.92 Å². The van der Waals surface area contributed by atoms with E-state index in [2.05, 4.69) is 10.2 Å². The van der Waals surface area contributed by atoms with E-state index in [4.69, 9.17) is 14.9 Å². The number of nitrogens with two attached hydrogens (primary N) is 1. The van der Waals surface area contributed by atoms with Crippen molar-refractivity contribution in [1.29, 1.82) is 0 Å². The Bertz CT molecular complexity index is 872. The predicted octanol–water partition coefficient (Wildman–Crippen LogP) is 2.42. The zero-order chi connectivity index (χ0) is 17.1. The molecule has 124 valence electrons. The second-order valence-corrected chi connectivity index (χ2v) is 5.93. The van der Waals surface area contributed by atoms with Gasteiger partial charge < -0.3 is 14.9 Å². The molecule has 2 heterocycles. The molecule has 1 amide bonds. The number of rotatable bonds is 6. The van der Waals surface area contributed by atoms with Crippen molar-refractivity contribution >= 4 is 17.7 Å². The molecule has 0 aliphatic rings. The number of aromatic nitrogens is 3. The van der Waals surface area contributed by atoms with Gasteiger partial charge in [0.15, 0.2) is 11.0 Å². The lowest BCUT2D eigenvalue weighted by atomic mass is 10.2. The molecule has 0 unspecified atom stereocenters. The first kappa shape index (κ1) is 16.1. The largest absolute Gasteiger partial charge is 0.497 e. The molecule has 0 radical (unpaired) electrons. The molecule has 24 heavy (non-hydrogen) atoms. The maximum Gasteiger partial charge on any atom is 0.227 e. The third kappa shape index (κ3) is 3.13. The summed E-state index contributed by atoms with van der Waals surface area (Å²) in [4.78, 5) is 11.1. The highest BCUT2D eigenvalue weighted by atomic mass is 32.2. The number of nitrogens with zero attached hydrogens (tertiary/aromatic N) is 3. The Morgan fingerprint density at radius 3 is 2.88 bits per heavy atom. The first-order chi connectivity index (χ1) is 11.6. The Labute approximate surface area is 142 Å². The van der Waals surface area contributed by atoms with Gasteiger partial charge in [-0.2, -0.15) is 0 Å². The van der Waals surface area contributed by atoms with Gasteiger partial charge >= 0.3 is 0 Å². The molecule has 0 saturated carbocycles. The molecule has 0 spiro atoms. The van der Waals surface area contributed by atoms with Crippen LogP contribution < -0.4 is 10.5 Å². The highest BCUT2D eigenvalue weighted by Gasteiger charge is 2.19. The first-order valence-corrected chi connectivity index (χ1v) is 8.14. The summed E-state index contributed by atoms with van der Waals surface area (Å²) >= 11 is 1.23. The summed E-state index contributed by atoms with van der Waals surface area (Å²) in [7, 11) is 1.61. The van der Waals surface area contributed by atoms with E-state index in [0.29, 0.717) is 16.7 Å². The van der Waals surface area contributed by atoms with Gasteiger partial charge in [-0.3, -0.25) is 9.36 Å². The molecule has 3 rings (SSSR count). The van der Waals surface area contributed by atoms with Crippen LogP contribution in [0.25, 0.3) is 17.1 Å². The quantitative estimate of drug-likeness (QED) is 0.690. The van der Waals surface area contributed by atoms with Crippen LogP contribution in [-0.2, 0) is 4.79 Å². The molecular weight excluding hydrogens is 328 g/mol. The van der Waals surface area contributed by atoms with E-state index in [1.54, 1.807) is 13.4 Å². The number of furan rings is 1. The highest BCUT2D eigenvalue weighted by molar-refractivity contribution is 7.99. The van der Waals surface area contributed by atoms with Crippen molar-refractivity contribution in [1.82, 2.24) is 14.8 Å². The molecular formula is C16H16N4O3S. The topological polar surface area (TPSA) is 96.2 Å². The van der Waals surface area contributed by atoms with Crippen LogP contribution in [0.15, 0.2) is 46.2 Å². The minimum atomic E-state index is -0.416. The maximum atomic E-state index is 11.1. The summed E-state index contributed by atoms with van der Waals surface area (Å²) in [5.74, 6) is 1.77. The van der Waals surface area contributed by atoms with E-state index in [9.17, 15) is 4.79 Å². The molecule has 3 aromatic rings. The Morgan fingerprint density at radius 1 is 1.38 bits per heavy atom. The number of carbonyl (C=O) groups excluding carboxylic acids is 1. The fraction of sp³-hybridized carbons (Fsp3) is 0.188. The van der Waals surface area contributed by atoms with Crippen LogP contribution in [0.2, 0.25) is 0 Å². The monoisotopic (exact) mass is 344 g/mol. The fourth-order valence-corrected chi connectivity index (χ4v) is 2.96. The Hall–Kier alpha value is -2.74. The molecule has 0 bridgehead atoms. The predicted molar refractivity (Wildman–Crippen MR) is 90.3 cm³/mol. The average Bonchev–Trinajstić information content (AvgIpc) is 3.18. The summed E-state index contributed by atoms with van der Waals surface area (Å²) in [6, 6.07) is 9.35. The second-order valence-electron chi connectivity index (χ2n) is 4.99. The first-order valence-electron chi connectivity index (χ1n) is 7.15. The van der Waals surface area contributed by atoms with Gasteiger partial charge in [-0.05, 0) is 25.1 Å². The maximum absolute atomic E-state index is 11.1. The van der Waals surface area contributed by atoms with E-state index < -0.39 is 5.91 Å². The van der Waals surface area contributed by atoms with Crippen molar-refractivity contribution in [2.24, 2.45) is 5.73 Å². The van der Waals surface area contributed by atoms with Crippen LogP contribution in [0.1, 0.15) is 5.76 Å². The number of thioether (sulfide) groups is 1. The van der Waals surface area contributed by atoms with Crippen LogP contribution in [0.4, 0.5) is 0 Å². The molecule has 0 fully saturated rings. The number of ether oxygens (including phenoxy) is 1. The average molecular weight is 344 g/mol. The lowest BCUT2D eigenvalue weighted by Gasteiger charge is -2.10. The number of primary amides is 1. The zero-order valence-corrected chi connectivity index (χ0v) is 14.0. The van der Waals surface area contributed by atoms with Gasteiger partial charge in [0, 0.05) is 6.07 Å². The summed E-state index contributed by atoms with van der Waals surface area (Å²) in [5, 5.41) is 9.04. The van der Waals surface area contributed by atoms with Crippen LogP contribution in [0.5, 0.6) is 5.75 Å². The minimum absolute atomic E-state index is 0.118. The smallest absolute Gasteiger partial charge is 0.227 e. The molecule has 0 saturated heterocycles. The van der Waals surface area contributed by atoms with E-state index in [0.717, 1.165) is 17.0 Å². The Balaban J connectivity index is 2.13. The van der Waals surface area contributed by atoms with E-state index >= 15 is 0 Å². The number of hydrogen-bond donors (Lipinski definition) is 1. The standard InChI is InChI=1S/C16H16N4O3S/c1-10-13(6-7-23-10)15-18-19-16(24-9-14(17)21)20(15)11-4-3-5-12(8-11)22-2/h3-8H,9H2,1-2H3,(H2,17,21). The van der Waals surface area contributed by atoms with Gasteiger partial charge in [0.05, 0.1) is 30.4 Å². The molecule has 2 aromatic heterocycles. The van der Waals surface area contributed by atoms with Crippen molar-refractivity contribution in [2.45, 2.75) is 12.1 Å². The van der Waals surface area contributed by atoms with Gasteiger partial charge in [-0.25, -0.2) is 0 Å². The Kier molecular flexibility index (Phi) is 4.57. The lowest BCUT2D eigenvalue weighted by Crippen LogP contribution is -2.13. The summed E-state index contributed by atoms with van der Waals surface area (Å²) in [6.07, 6.45) is 1.60. The minimum Gasteiger partial charge on any atom is -0.497 e. The van der Waals surface area contributed by atoms with Gasteiger partial charge in [-0.15, -0.1) is 10.2 Å². The van der Waals surface area contributed by atoms with Crippen LogP contribution >= 0.6 is 11.8 Å². The second kappa shape index (κ2) is 6.79. The lowest BCUT2D eigenvalue weighted by molar-refractivity contribution is -0.115. The van der Waals surface area contributed by atoms with Gasteiger partial charge in [0.2, 0.25) is 5.91 Å². The molecule has 2 N–H and O–H groups in total. The van der Waals surface area contributed by atoms with Crippen molar-refractivity contribution < 1.29 is 13.9 Å². The Morgan fingerprint density at radius 2 is 2.21 bits per heavy atom. The number of amides is 1. The number of methoxy groups -OCH3 is 1. The molecule has 0 aliphatic heterocycles. The van der Waals surface area contributed by atoms with Gasteiger partial charge in [0.1, 0.15) is 11.5 Å². The summed E-state index contributed by atoms with van der Waals surface area (Å²) in [6.45, 7) is 1.86. The van der Waals surface area contributed by atoms with Gasteiger partial charge in [-0.1, -0.05) is 17.8 Å². The van der Waals surface area contributed by atoms with Crippen molar-refractivity contribution in [3.8, 4) is 22.8 Å². The summed E-state index contributed by atoms with van der Waals surface area (Å²) in [5.41, 5.74) is 6.90. The molecule has 0 aliphatic carbocycles. The van der Waals surface area contributed by atoms with Crippen molar-refractivity contribution in [2.75, 3.05) is 12.9 Å². The van der Waals surface area contributed by atoms with E-state index in [1.807, 2.05) is 41.8 Å².